The fourth-order valence-corrected chi connectivity index (χ4v) is 6.60. The van der Waals surface area contributed by atoms with Gasteiger partial charge in [-0.05, 0) is 48.2 Å². The summed E-state index contributed by atoms with van der Waals surface area (Å²) in [5.41, 5.74) is 2.00. The molecule has 7 rings (SSSR count). The average Bonchev–Trinajstić information content (AvgIpc) is 2.92. The summed E-state index contributed by atoms with van der Waals surface area (Å²) in [6.45, 7) is 1.83. The van der Waals surface area contributed by atoms with Crippen molar-refractivity contribution in [3.05, 3.63) is 127 Å². The van der Waals surface area contributed by atoms with Gasteiger partial charge in [-0.1, -0.05) is 54.6 Å². The van der Waals surface area contributed by atoms with Crippen LogP contribution in [0.15, 0.2) is 99.4 Å². The van der Waals surface area contributed by atoms with Crippen LogP contribution in [-0.2, 0) is 10.0 Å². The van der Waals surface area contributed by atoms with Crippen LogP contribution >= 0.6 is 0 Å². The van der Waals surface area contributed by atoms with Crippen molar-refractivity contribution in [2.45, 2.75) is 11.8 Å². The Morgan fingerprint density at radius 1 is 0.795 bits per heavy atom. The second kappa shape index (κ2) is 8.24. The maximum Gasteiger partial charge on any atom is 0.281 e. The lowest BCUT2D eigenvalue weighted by Crippen LogP contribution is -2.42. The van der Waals surface area contributed by atoms with Crippen LogP contribution in [0.25, 0.3) is 27.5 Å². The van der Waals surface area contributed by atoms with Crippen LogP contribution in [-0.4, -0.2) is 13.4 Å². The van der Waals surface area contributed by atoms with Gasteiger partial charge in [-0.2, -0.15) is 0 Å². The number of nitrogens with zero attached hydrogens (tertiary/aromatic N) is 1. The molecule has 0 radical (unpaired) electrons. The molecule has 1 aliphatic carbocycles. The van der Waals surface area contributed by atoms with Gasteiger partial charge in [0.15, 0.2) is 5.43 Å². The molecular formula is C30H20N4O4S. The maximum absolute atomic E-state index is 14.0. The number of hydrogen-bond acceptors (Lipinski definition) is 7. The number of sulfonamides is 1. The third kappa shape index (κ3) is 3.44. The Morgan fingerprint density at radius 3 is 2.28 bits per heavy atom. The van der Waals surface area contributed by atoms with Gasteiger partial charge in [0.25, 0.3) is 15.6 Å². The minimum Gasteiger partial charge on any atom is -0.355 e. The molecule has 0 saturated carbocycles. The first-order chi connectivity index (χ1) is 18.8. The third-order valence-electron chi connectivity index (χ3n) is 7.06. The summed E-state index contributed by atoms with van der Waals surface area (Å²) >= 11 is 0. The van der Waals surface area contributed by atoms with E-state index in [1.54, 1.807) is 42.5 Å². The Balaban J connectivity index is 1.73. The minimum atomic E-state index is -3.97. The number of hydrogen-bond donors (Lipinski definition) is 3. The van der Waals surface area contributed by atoms with E-state index >= 15 is 0 Å². The molecule has 0 aromatic heterocycles. The highest BCUT2D eigenvalue weighted by Crippen LogP contribution is 2.30. The molecule has 190 valence electrons. The van der Waals surface area contributed by atoms with E-state index in [0.29, 0.717) is 49.1 Å². The van der Waals surface area contributed by atoms with E-state index in [0.717, 1.165) is 5.69 Å². The lowest BCUT2D eigenvalue weighted by atomic mass is 9.95. The third-order valence-corrected chi connectivity index (χ3v) is 8.47. The smallest absolute Gasteiger partial charge is 0.281 e. The monoisotopic (exact) mass is 532 g/mol. The molecule has 0 saturated heterocycles. The van der Waals surface area contributed by atoms with Gasteiger partial charge >= 0.3 is 0 Å². The van der Waals surface area contributed by atoms with Crippen molar-refractivity contribution in [1.29, 1.82) is 0 Å². The molecule has 0 fully saturated rings. The van der Waals surface area contributed by atoms with Gasteiger partial charge < -0.3 is 10.6 Å². The van der Waals surface area contributed by atoms with Crippen LogP contribution < -0.4 is 31.6 Å². The molecular weight excluding hydrogens is 512 g/mol. The summed E-state index contributed by atoms with van der Waals surface area (Å²) < 4.78 is 28.9. The second-order valence-electron chi connectivity index (χ2n) is 9.47. The summed E-state index contributed by atoms with van der Waals surface area (Å²) in [6, 6.07) is 24.8. The molecule has 8 nitrogen and oxygen atoms in total. The van der Waals surface area contributed by atoms with Crippen molar-refractivity contribution in [2.24, 2.45) is 0 Å². The summed E-state index contributed by atoms with van der Waals surface area (Å²) in [7, 11) is -3.97. The Kier molecular flexibility index (Phi) is 4.89. The molecule has 0 spiro atoms. The minimum absolute atomic E-state index is 0.00252. The first-order valence-corrected chi connectivity index (χ1v) is 13.7. The number of benzene rings is 4. The maximum atomic E-state index is 14.0. The molecule has 9 heteroatoms. The van der Waals surface area contributed by atoms with Gasteiger partial charge in [-0.15, -0.1) is 0 Å². The molecule has 4 aromatic carbocycles. The highest BCUT2D eigenvalue weighted by atomic mass is 32.2. The van der Waals surface area contributed by atoms with Crippen molar-refractivity contribution >= 4 is 54.6 Å². The molecule has 3 aliphatic rings. The Morgan fingerprint density at radius 2 is 1.49 bits per heavy atom. The Labute approximate surface area is 221 Å². The van der Waals surface area contributed by atoms with E-state index in [-0.39, 0.29) is 21.4 Å². The van der Waals surface area contributed by atoms with Crippen molar-refractivity contribution in [1.82, 2.24) is 9.71 Å². The van der Waals surface area contributed by atoms with E-state index in [2.05, 4.69) is 20.3 Å². The highest BCUT2D eigenvalue weighted by molar-refractivity contribution is 7.90. The number of aryl methyl sites for hydroxylation is 1. The Hall–Kier alpha value is -5.02. The number of aromatic nitrogens is 1. The van der Waals surface area contributed by atoms with Crippen molar-refractivity contribution < 1.29 is 8.42 Å². The second-order valence-corrected chi connectivity index (χ2v) is 11.1. The molecule has 2 aliphatic heterocycles. The number of rotatable bonds is 2. The predicted octanol–water partition coefficient (Wildman–Crippen LogP) is 3.51. The highest BCUT2D eigenvalue weighted by Gasteiger charge is 2.27. The molecule has 4 aromatic rings. The zero-order valence-electron chi connectivity index (χ0n) is 20.6. The molecule has 2 heterocycles. The van der Waals surface area contributed by atoms with Gasteiger partial charge in [0.1, 0.15) is 10.7 Å². The first-order valence-electron chi connectivity index (χ1n) is 12.2. The Bertz CT molecular complexity index is 2330. The SMILES string of the molecule is Cc1cc(Nc2ccccc2)c2c3c1nc(=O)c(=C1Nc4ccccc4S(=O)(=O)N1)c=3c1ccccc1c2=O. The quantitative estimate of drug-likeness (QED) is 0.312. The fraction of sp³-hybridized carbons (Fsp3) is 0.0333. The van der Waals surface area contributed by atoms with E-state index < -0.39 is 15.6 Å². The van der Waals surface area contributed by atoms with Crippen LogP contribution in [0.5, 0.6) is 0 Å². The normalized spacial score (nSPS) is 15.6. The summed E-state index contributed by atoms with van der Waals surface area (Å²) in [5, 5.41) is 8.79. The van der Waals surface area contributed by atoms with Crippen molar-refractivity contribution in [2.75, 3.05) is 10.6 Å². The number of fused-ring (bicyclic) bond motifs is 3. The summed E-state index contributed by atoms with van der Waals surface area (Å²) in [4.78, 5) is 32.1. The van der Waals surface area contributed by atoms with Gasteiger partial charge in [0.2, 0.25) is 0 Å². The largest absolute Gasteiger partial charge is 0.355 e. The van der Waals surface area contributed by atoms with Crippen LogP contribution in [0.1, 0.15) is 5.56 Å². The lowest BCUT2D eigenvalue weighted by Gasteiger charge is -2.22. The first kappa shape index (κ1) is 23.1. The van der Waals surface area contributed by atoms with Crippen LogP contribution in [0.3, 0.4) is 0 Å². The van der Waals surface area contributed by atoms with Crippen molar-refractivity contribution in [3.8, 4) is 0 Å². The average molecular weight is 533 g/mol. The molecule has 0 atom stereocenters. The molecule has 3 N–H and O–H groups in total. The predicted molar refractivity (Wildman–Crippen MR) is 152 cm³/mol. The molecule has 0 unspecified atom stereocenters. The lowest BCUT2D eigenvalue weighted by molar-refractivity contribution is 0.590. The molecule has 0 amide bonds. The van der Waals surface area contributed by atoms with Crippen molar-refractivity contribution in [3.63, 3.8) is 0 Å². The van der Waals surface area contributed by atoms with Crippen LogP contribution in [0.4, 0.5) is 17.1 Å². The van der Waals surface area contributed by atoms with Gasteiger partial charge in [-0.3, -0.25) is 14.3 Å². The topological polar surface area (TPSA) is 117 Å². The van der Waals surface area contributed by atoms with E-state index in [4.69, 9.17) is 0 Å². The molecule has 39 heavy (non-hydrogen) atoms. The van der Waals surface area contributed by atoms with E-state index in [9.17, 15) is 18.0 Å². The van der Waals surface area contributed by atoms with Crippen LogP contribution in [0.2, 0.25) is 0 Å². The van der Waals surface area contributed by atoms with Gasteiger partial charge in [-0.25, -0.2) is 13.4 Å². The number of nitrogens with one attached hydrogen (secondary N) is 3. The standard InChI is InChI=1S/C30H20N4O4S/c1-16-15-21(31-17-9-3-2-4-10-17)24-25-23(18-11-5-6-12-19(18)28(24)35)26(30(36)33-27(16)25)29-32-20-13-7-8-14-22(20)39(37,38)34-29/h2-15,31-32,34H,1H3. The number of anilines is 3. The van der Waals surface area contributed by atoms with E-state index in [1.807, 2.05) is 43.3 Å². The zero-order chi connectivity index (χ0) is 26.9. The van der Waals surface area contributed by atoms with Gasteiger partial charge in [0.05, 0.1) is 27.5 Å². The van der Waals surface area contributed by atoms with Crippen LogP contribution in [0, 0.1) is 17.4 Å². The summed E-state index contributed by atoms with van der Waals surface area (Å²) in [5.74, 6) is -0.00252. The fourth-order valence-electron chi connectivity index (χ4n) is 5.40. The van der Waals surface area contributed by atoms with Gasteiger partial charge in [0, 0.05) is 21.5 Å². The molecule has 0 bridgehead atoms. The summed E-state index contributed by atoms with van der Waals surface area (Å²) in [6.07, 6.45) is 0. The van der Waals surface area contributed by atoms with E-state index in [1.165, 1.54) is 6.07 Å². The zero-order valence-corrected chi connectivity index (χ0v) is 21.4. The number of para-hydroxylation sites is 2.